The van der Waals surface area contributed by atoms with Crippen LogP contribution in [0.25, 0.3) is 0 Å². The second-order valence-corrected chi connectivity index (χ2v) is 7.23. The third kappa shape index (κ3) is 4.19. The first kappa shape index (κ1) is 16.5. The summed E-state index contributed by atoms with van der Waals surface area (Å²) < 4.78 is 1.75. The Balaban J connectivity index is 2.83. The van der Waals surface area contributed by atoms with Crippen molar-refractivity contribution in [2.45, 2.75) is 13.8 Å². The van der Waals surface area contributed by atoms with E-state index in [9.17, 15) is 4.79 Å². The number of nitrogens with zero attached hydrogens (tertiary/aromatic N) is 2. The Morgan fingerprint density at radius 3 is 2.68 bits per heavy atom. The summed E-state index contributed by atoms with van der Waals surface area (Å²) in [7, 11) is 0. The average Bonchev–Trinajstić information content (AvgIpc) is 2.73. The molecule has 1 amide bonds. The van der Waals surface area contributed by atoms with Gasteiger partial charge in [0.1, 0.15) is 5.84 Å². The van der Waals surface area contributed by atoms with Gasteiger partial charge in [0.15, 0.2) is 0 Å². The summed E-state index contributed by atoms with van der Waals surface area (Å²) in [6, 6.07) is 1.79. The van der Waals surface area contributed by atoms with Crippen LogP contribution in [0.1, 0.15) is 23.5 Å². The number of amidine groups is 1. The molecule has 5 nitrogen and oxygen atoms in total. The van der Waals surface area contributed by atoms with Crippen molar-refractivity contribution < 1.29 is 10.0 Å². The van der Waals surface area contributed by atoms with Gasteiger partial charge in [-0.3, -0.25) is 4.79 Å². The first-order valence-corrected chi connectivity index (χ1v) is 8.02. The van der Waals surface area contributed by atoms with E-state index in [1.807, 2.05) is 13.8 Å². The molecule has 1 aromatic heterocycles. The Bertz CT molecular complexity index is 471. The number of carbonyl (C=O) groups is 1. The lowest BCUT2D eigenvalue weighted by atomic mass is 10.1. The molecule has 1 rings (SSSR count). The summed E-state index contributed by atoms with van der Waals surface area (Å²) in [5.41, 5.74) is 5.54. The van der Waals surface area contributed by atoms with E-state index >= 15 is 0 Å². The summed E-state index contributed by atoms with van der Waals surface area (Å²) in [4.78, 5) is 14.7. The van der Waals surface area contributed by atoms with Gasteiger partial charge in [-0.1, -0.05) is 12.1 Å². The van der Waals surface area contributed by atoms with E-state index in [-0.39, 0.29) is 17.7 Å². The molecule has 1 heterocycles. The van der Waals surface area contributed by atoms with Gasteiger partial charge in [-0.05, 0) is 44.8 Å². The Hall–Kier alpha value is -0.600. The van der Waals surface area contributed by atoms with Crippen molar-refractivity contribution in [2.75, 3.05) is 13.1 Å². The third-order valence-electron chi connectivity index (χ3n) is 2.64. The normalized spacial score (nSPS) is 13.4. The van der Waals surface area contributed by atoms with Crippen molar-refractivity contribution in [3.8, 4) is 0 Å². The van der Waals surface area contributed by atoms with Crippen LogP contribution in [0.4, 0.5) is 0 Å². The van der Waals surface area contributed by atoms with Crippen molar-refractivity contribution in [3.63, 3.8) is 0 Å². The number of rotatable bonds is 5. The maximum absolute atomic E-state index is 12.3. The van der Waals surface area contributed by atoms with Crippen LogP contribution in [0.3, 0.4) is 0 Å². The Morgan fingerprint density at radius 2 is 2.26 bits per heavy atom. The molecule has 0 fully saturated rings. The molecule has 0 saturated carbocycles. The predicted octanol–water partition coefficient (Wildman–Crippen LogP) is 3.12. The molecule has 0 radical (unpaired) electrons. The lowest BCUT2D eigenvalue weighted by molar-refractivity contribution is 0.0758. The topological polar surface area (TPSA) is 78.9 Å². The number of nitrogens with two attached hydrogens (primary N) is 1. The summed E-state index contributed by atoms with van der Waals surface area (Å²) in [6.07, 6.45) is 0. The molecule has 1 atom stereocenters. The molecule has 106 valence electrons. The minimum absolute atomic E-state index is 0.0588. The van der Waals surface area contributed by atoms with Crippen LogP contribution in [0.15, 0.2) is 19.5 Å². The maximum atomic E-state index is 12.3. The van der Waals surface area contributed by atoms with E-state index < -0.39 is 0 Å². The molecule has 1 aromatic rings. The van der Waals surface area contributed by atoms with Gasteiger partial charge in [0.25, 0.3) is 5.91 Å². The number of amides is 1. The second kappa shape index (κ2) is 7.25. The minimum atomic E-state index is -0.194. The summed E-state index contributed by atoms with van der Waals surface area (Å²) in [5.74, 6) is -0.128. The largest absolute Gasteiger partial charge is 0.409 e. The van der Waals surface area contributed by atoms with Gasteiger partial charge in [-0.15, -0.1) is 11.3 Å². The predicted molar refractivity (Wildman–Crippen MR) is 83.9 cm³/mol. The molecule has 0 saturated heterocycles. The number of thiophene rings is 1. The Kier molecular flexibility index (Phi) is 6.28. The first-order chi connectivity index (χ1) is 8.90. The number of carbonyl (C=O) groups excluding carboxylic acids is 1. The molecular formula is C11H15Br2N3O2S. The fourth-order valence-corrected chi connectivity index (χ4v) is 3.49. The van der Waals surface area contributed by atoms with Crippen LogP contribution in [-0.4, -0.2) is 34.9 Å². The van der Waals surface area contributed by atoms with Crippen LogP contribution in [-0.2, 0) is 0 Å². The van der Waals surface area contributed by atoms with E-state index in [1.165, 1.54) is 11.3 Å². The number of oxime groups is 1. The summed E-state index contributed by atoms with van der Waals surface area (Å²) in [6.45, 7) is 4.69. The molecule has 0 aromatic carbocycles. The molecular weight excluding hydrogens is 398 g/mol. The van der Waals surface area contributed by atoms with Crippen molar-refractivity contribution in [1.82, 2.24) is 4.90 Å². The van der Waals surface area contributed by atoms with Crippen LogP contribution < -0.4 is 5.73 Å². The molecule has 0 spiro atoms. The van der Waals surface area contributed by atoms with Crippen LogP contribution in [0, 0.1) is 5.92 Å². The zero-order valence-corrected chi connectivity index (χ0v) is 14.5. The standard InChI is InChI=1S/C11H15Br2N3O2S/c1-3-16(5-6(2)10(14)15-18)11(17)8-4-7(12)9(13)19-8/h4,6,18H,3,5H2,1-2H3,(H2,14,15). The Morgan fingerprint density at radius 1 is 1.63 bits per heavy atom. The van der Waals surface area contributed by atoms with Gasteiger partial charge >= 0.3 is 0 Å². The molecule has 0 aliphatic carbocycles. The van der Waals surface area contributed by atoms with Crippen molar-refractivity contribution in [3.05, 3.63) is 19.2 Å². The second-order valence-electron chi connectivity index (χ2n) is 4.00. The van der Waals surface area contributed by atoms with E-state index in [2.05, 4.69) is 37.0 Å². The van der Waals surface area contributed by atoms with Crippen molar-refractivity contribution in [2.24, 2.45) is 16.8 Å². The highest BCUT2D eigenvalue weighted by molar-refractivity contribution is 9.13. The van der Waals surface area contributed by atoms with Gasteiger partial charge in [-0.25, -0.2) is 0 Å². The quantitative estimate of drug-likeness (QED) is 0.337. The average molecular weight is 413 g/mol. The molecule has 8 heteroatoms. The molecule has 19 heavy (non-hydrogen) atoms. The zero-order chi connectivity index (χ0) is 14.6. The van der Waals surface area contributed by atoms with Gasteiger partial charge in [-0.2, -0.15) is 0 Å². The van der Waals surface area contributed by atoms with E-state index in [4.69, 9.17) is 10.9 Å². The van der Waals surface area contributed by atoms with E-state index in [1.54, 1.807) is 11.0 Å². The zero-order valence-electron chi connectivity index (χ0n) is 10.6. The summed E-state index contributed by atoms with van der Waals surface area (Å²) >= 11 is 8.11. The summed E-state index contributed by atoms with van der Waals surface area (Å²) in [5, 5.41) is 11.6. The Labute approximate surface area is 132 Å². The first-order valence-electron chi connectivity index (χ1n) is 5.62. The van der Waals surface area contributed by atoms with Gasteiger partial charge in [0.05, 0.1) is 8.66 Å². The lowest BCUT2D eigenvalue weighted by Crippen LogP contribution is -2.38. The number of halogens is 2. The molecule has 0 aliphatic rings. The number of hydrogen-bond acceptors (Lipinski definition) is 4. The monoisotopic (exact) mass is 411 g/mol. The lowest BCUT2D eigenvalue weighted by Gasteiger charge is -2.23. The molecule has 1 unspecified atom stereocenters. The van der Waals surface area contributed by atoms with Gasteiger partial charge in [0, 0.05) is 23.5 Å². The maximum Gasteiger partial charge on any atom is 0.264 e. The number of hydrogen-bond donors (Lipinski definition) is 2. The smallest absolute Gasteiger partial charge is 0.264 e. The minimum Gasteiger partial charge on any atom is -0.409 e. The highest BCUT2D eigenvalue weighted by atomic mass is 79.9. The van der Waals surface area contributed by atoms with E-state index in [0.717, 1.165) is 8.26 Å². The van der Waals surface area contributed by atoms with Crippen LogP contribution in [0.2, 0.25) is 0 Å². The molecule has 3 N–H and O–H groups in total. The van der Waals surface area contributed by atoms with E-state index in [0.29, 0.717) is 18.0 Å². The van der Waals surface area contributed by atoms with Crippen LogP contribution >= 0.6 is 43.2 Å². The van der Waals surface area contributed by atoms with Gasteiger partial charge < -0.3 is 15.8 Å². The molecule has 0 bridgehead atoms. The highest BCUT2D eigenvalue weighted by Gasteiger charge is 2.21. The van der Waals surface area contributed by atoms with Crippen molar-refractivity contribution >= 4 is 54.9 Å². The van der Waals surface area contributed by atoms with Gasteiger partial charge in [0.2, 0.25) is 0 Å². The highest BCUT2D eigenvalue weighted by Crippen LogP contribution is 2.33. The fourth-order valence-electron chi connectivity index (χ4n) is 1.49. The van der Waals surface area contributed by atoms with Crippen molar-refractivity contribution in [1.29, 1.82) is 0 Å². The fraction of sp³-hybridized carbons (Fsp3) is 0.455. The SMILES string of the molecule is CCN(CC(C)C(N)=NO)C(=O)c1cc(Br)c(Br)s1. The molecule has 0 aliphatic heterocycles. The third-order valence-corrected chi connectivity index (χ3v) is 5.88. The van der Waals surface area contributed by atoms with Crippen LogP contribution in [0.5, 0.6) is 0 Å².